The van der Waals surface area contributed by atoms with Crippen molar-refractivity contribution in [2.75, 3.05) is 6.61 Å². The highest BCUT2D eigenvalue weighted by Crippen LogP contribution is 2.35. The Morgan fingerprint density at radius 3 is 2.19 bits per heavy atom. The largest absolute Gasteiger partial charge is 0.486 e. The summed E-state index contributed by atoms with van der Waals surface area (Å²) in [6.45, 7) is 11.1. The van der Waals surface area contributed by atoms with Crippen LogP contribution in [0.4, 0.5) is 0 Å². The summed E-state index contributed by atoms with van der Waals surface area (Å²) in [6, 6.07) is 7.81. The fraction of sp³-hybridized carbons (Fsp3) is 0.571. The predicted molar refractivity (Wildman–Crippen MR) is 67.2 cm³/mol. The van der Waals surface area contributed by atoms with Crippen LogP contribution in [0, 0.1) is 5.41 Å². The average Bonchev–Trinajstić information content (AvgIpc) is 2.30. The molecule has 0 amide bonds. The van der Waals surface area contributed by atoms with Gasteiger partial charge in [-0.1, -0.05) is 46.8 Å². The van der Waals surface area contributed by atoms with E-state index in [0.29, 0.717) is 6.61 Å². The maximum atomic E-state index is 5.87. The van der Waals surface area contributed by atoms with Gasteiger partial charge in [-0.25, -0.2) is 0 Å². The van der Waals surface area contributed by atoms with Crippen molar-refractivity contribution in [3.63, 3.8) is 0 Å². The van der Waals surface area contributed by atoms with E-state index in [1.54, 1.807) is 0 Å². The van der Waals surface area contributed by atoms with Crippen molar-refractivity contribution in [1.29, 1.82) is 0 Å². The molecule has 2 nitrogen and oxygen atoms in total. The molecule has 0 aromatic heterocycles. The fourth-order valence-corrected chi connectivity index (χ4v) is 1.45. The molecule has 1 heterocycles. The van der Waals surface area contributed by atoms with Crippen molar-refractivity contribution in [2.45, 2.75) is 40.7 Å². The van der Waals surface area contributed by atoms with Gasteiger partial charge in [-0.3, -0.25) is 0 Å². The highest BCUT2D eigenvalue weighted by Gasteiger charge is 2.31. The third kappa shape index (κ3) is 2.91. The molecule has 1 aromatic carbocycles. The van der Waals surface area contributed by atoms with Gasteiger partial charge in [0.1, 0.15) is 12.7 Å². The Hall–Kier alpha value is -1.18. The Balaban J connectivity index is 0.000000606. The Kier molecular flexibility index (Phi) is 4.22. The molecule has 1 aromatic rings. The van der Waals surface area contributed by atoms with Gasteiger partial charge in [0.05, 0.1) is 0 Å². The first-order valence-corrected chi connectivity index (χ1v) is 5.96. The number of ether oxygens (including phenoxy) is 2. The molecule has 0 saturated carbocycles. The SMILES string of the molecule is CC.CC(C)(C)C1COc2ccccc2O1. The smallest absolute Gasteiger partial charge is 0.161 e. The Bertz CT molecular complexity index is 326. The standard InChI is InChI=1S/C12H16O2.C2H6/c1-12(2,3)11-8-13-9-6-4-5-7-10(9)14-11;1-2/h4-7,11H,8H2,1-3H3;1-2H3. The lowest BCUT2D eigenvalue weighted by Gasteiger charge is -2.34. The quantitative estimate of drug-likeness (QED) is 0.663. The van der Waals surface area contributed by atoms with E-state index in [2.05, 4.69) is 20.8 Å². The minimum absolute atomic E-state index is 0.119. The molecule has 0 aliphatic carbocycles. The minimum atomic E-state index is 0.119. The van der Waals surface area contributed by atoms with E-state index in [4.69, 9.17) is 9.47 Å². The second kappa shape index (κ2) is 5.24. The van der Waals surface area contributed by atoms with Gasteiger partial charge in [0.15, 0.2) is 11.5 Å². The number of rotatable bonds is 0. The van der Waals surface area contributed by atoms with Crippen LogP contribution in [0.3, 0.4) is 0 Å². The first-order valence-electron chi connectivity index (χ1n) is 5.96. The first-order chi connectivity index (χ1) is 7.57. The number of hydrogen-bond donors (Lipinski definition) is 0. The number of para-hydroxylation sites is 2. The molecule has 0 bridgehead atoms. The van der Waals surface area contributed by atoms with Crippen LogP contribution in [0.2, 0.25) is 0 Å². The van der Waals surface area contributed by atoms with Gasteiger partial charge in [-0.05, 0) is 12.1 Å². The summed E-state index contributed by atoms with van der Waals surface area (Å²) < 4.78 is 11.5. The fourth-order valence-electron chi connectivity index (χ4n) is 1.45. The minimum Gasteiger partial charge on any atom is -0.486 e. The molecule has 0 saturated heterocycles. The number of benzene rings is 1. The van der Waals surface area contributed by atoms with Gasteiger partial charge in [-0.2, -0.15) is 0 Å². The van der Waals surface area contributed by atoms with Gasteiger partial charge in [0.2, 0.25) is 0 Å². The Morgan fingerprint density at radius 2 is 1.62 bits per heavy atom. The molecule has 1 aliphatic rings. The molecule has 16 heavy (non-hydrogen) atoms. The zero-order chi connectivity index (χ0) is 12.2. The van der Waals surface area contributed by atoms with Crippen LogP contribution in [0.15, 0.2) is 24.3 Å². The summed E-state index contributed by atoms with van der Waals surface area (Å²) in [5.41, 5.74) is 0.119. The van der Waals surface area contributed by atoms with Gasteiger partial charge in [0, 0.05) is 5.41 Å². The topological polar surface area (TPSA) is 18.5 Å². The van der Waals surface area contributed by atoms with Gasteiger partial charge in [0.25, 0.3) is 0 Å². The lowest BCUT2D eigenvalue weighted by atomic mass is 9.89. The third-order valence-corrected chi connectivity index (χ3v) is 2.47. The number of hydrogen-bond acceptors (Lipinski definition) is 2. The van der Waals surface area contributed by atoms with Crippen molar-refractivity contribution >= 4 is 0 Å². The summed E-state index contributed by atoms with van der Waals surface area (Å²) in [4.78, 5) is 0. The second-order valence-corrected chi connectivity index (χ2v) is 4.73. The van der Waals surface area contributed by atoms with Crippen LogP contribution in [0.5, 0.6) is 11.5 Å². The maximum absolute atomic E-state index is 5.87. The van der Waals surface area contributed by atoms with E-state index in [1.807, 2.05) is 38.1 Å². The van der Waals surface area contributed by atoms with Crippen molar-refractivity contribution in [2.24, 2.45) is 5.41 Å². The van der Waals surface area contributed by atoms with E-state index < -0.39 is 0 Å². The normalized spacial score (nSPS) is 18.4. The molecule has 0 fully saturated rings. The van der Waals surface area contributed by atoms with Gasteiger partial charge < -0.3 is 9.47 Å². The first kappa shape index (κ1) is 12.9. The Morgan fingerprint density at radius 1 is 1.06 bits per heavy atom. The molecule has 90 valence electrons. The summed E-state index contributed by atoms with van der Waals surface area (Å²) in [5.74, 6) is 1.71. The molecule has 1 atom stereocenters. The van der Waals surface area contributed by atoms with Crippen molar-refractivity contribution in [3.8, 4) is 11.5 Å². The van der Waals surface area contributed by atoms with Crippen LogP contribution in [-0.2, 0) is 0 Å². The second-order valence-electron chi connectivity index (χ2n) is 4.73. The Labute approximate surface area is 98.6 Å². The summed E-state index contributed by atoms with van der Waals surface area (Å²) >= 11 is 0. The van der Waals surface area contributed by atoms with Crippen LogP contribution < -0.4 is 9.47 Å². The van der Waals surface area contributed by atoms with Crippen LogP contribution >= 0.6 is 0 Å². The third-order valence-electron chi connectivity index (χ3n) is 2.47. The lowest BCUT2D eigenvalue weighted by Crippen LogP contribution is -2.39. The van der Waals surface area contributed by atoms with Crippen LogP contribution in [0.25, 0.3) is 0 Å². The highest BCUT2D eigenvalue weighted by atomic mass is 16.6. The molecule has 0 N–H and O–H groups in total. The van der Waals surface area contributed by atoms with Crippen molar-refractivity contribution in [1.82, 2.24) is 0 Å². The molecule has 2 heteroatoms. The molecule has 1 aliphatic heterocycles. The van der Waals surface area contributed by atoms with E-state index in [9.17, 15) is 0 Å². The van der Waals surface area contributed by atoms with Gasteiger partial charge >= 0.3 is 0 Å². The maximum Gasteiger partial charge on any atom is 0.161 e. The summed E-state index contributed by atoms with van der Waals surface area (Å²) in [5, 5.41) is 0. The molecular formula is C14H22O2. The van der Waals surface area contributed by atoms with Crippen LogP contribution in [0.1, 0.15) is 34.6 Å². The average molecular weight is 222 g/mol. The summed E-state index contributed by atoms with van der Waals surface area (Å²) in [6.07, 6.45) is 0.136. The molecular weight excluding hydrogens is 200 g/mol. The molecule has 1 unspecified atom stereocenters. The van der Waals surface area contributed by atoms with E-state index >= 15 is 0 Å². The van der Waals surface area contributed by atoms with E-state index in [1.165, 1.54) is 0 Å². The number of fused-ring (bicyclic) bond motifs is 1. The summed E-state index contributed by atoms with van der Waals surface area (Å²) in [7, 11) is 0. The van der Waals surface area contributed by atoms with Gasteiger partial charge in [-0.15, -0.1) is 0 Å². The lowest BCUT2D eigenvalue weighted by molar-refractivity contribution is 0.0163. The highest BCUT2D eigenvalue weighted by molar-refractivity contribution is 5.40. The van der Waals surface area contributed by atoms with Crippen molar-refractivity contribution in [3.05, 3.63) is 24.3 Å². The molecule has 0 radical (unpaired) electrons. The van der Waals surface area contributed by atoms with E-state index in [-0.39, 0.29) is 11.5 Å². The zero-order valence-corrected chi connectivity index (χ0v) is 10.9. The van der Waals surface area contributed by atoms with Crippen molar-refractivity contribution < 1.29 is 9.47 Å². The molecule has 0 spiro atoms. The van der Waals surface area contributed by atoms with Crippen LogP contribution in [-0.4, -0.2) is 12.7 Å². The molecule has 2 rings (SSSR count). The predicted octanol–water partition coefficient (Wildman–Crippen LogP) is 3.90. The zero-order valence-electron chi connectivity index (χ0n) is 10.9. The van der Waals surface area contributed by atoms with E-state index in [0.717, 1.165) is 11.5 Å². The monoisotopic (exact) mass is 222 g/mol.